The molecule has 0 aromatic heterocycles. The first-order chi connectivity index (χ1) is 6.13. The molecule has 0 heterocycles. The molecule has 1 rings (SSSR count). The molecule has 0 spiro atoms. The minimum atomic E-state index is -0.113. The van der Waals surface area contributed by atoms with Gasteiger partial charge in [0.2, 0.25) is 0 Å². The fourth-order valence-corrected chi connectivity index (χ4v) is 1.55. The van der Waals surface area contributed by atoms with Crippen molar-refractivity contribution in [3.8, 4) is 0 Å². The quantitative estimate of drug-likeness (QED) is 0.601. The van der Waals surface area contributed by atoms with Gasteiger partial charge < -0.3 is 4.74 Å². The van der Waals surface area contributed by atoms with Crippen LogP contribution in [0.2, 0.25) is 0 Å². The number of hydrogen-bond acceptors (Lipinski definition) is 3. The summed E-state index contributed by atoms with van der Waals surface area (Å²) in [6.45, 7) is 6.02. The summed E-state index contributed by atoms with van der Waals surface area (Å²) < 4.78 is 4.86. The standard InChI is InChI=1S/C10H19NO2/c1-4-13-10(12)7-11(3)6-9-5-8(9)2/h8-9H,4-7H2,1-3H3. The van der Waals surface area contributed by atoms with Crippen molar-refractivity contribution in [2.24, 2.45) is 11.8 Å². The predicted octanol–water partition coefficient (Wildman–Crippen LogP) is 1.14. The van der Waals surface area contributed by atoms with E-state index < -0.39 is 0 Å². The lowest BCUT2D eigenvalue weighted by Crippen LogP contribution is -2.29. The van der Waals surface area contributed by atoms with Gasteiger partial charge in [-0.25, -0.2) is 0 Å². The van der Waals surface area contributed by atoms with E-state index in [0.717, 1.165) is 18.4 Å². The van der Waals surface area contributed by atoms with Crippen LogP contribution in [0.4, 0.5) is 0 Å². The average Bonchev–Trinajstić information content (AvgIpc) is 2.65. The van der Waals surface area contributed by atoms with Gasteiger partial charge in [0.15, 0.2) is 0 Å². The third-order valence-electron chi connectivity index (χ3n) is 2.53. The summed E-state index contributed by atoms with van der Waals surface area (Å²) in [5.74, 6) is 1.54. The summed E-state index contributed by atoms with van der Waals surface area (Å²) in [6.07, 6.45) is 1.31. The molecule has 1 aliphatic carbocycles. The highest BCUT2D eigenvalue weighted by atomic mass is 16.5. The maximum absolute atomic E-state index is 11.1. The second kappa shape index (κ2) is 4.61. The molecule has 1 fully saturated rings. The van der Waals surface area contributed by atoms with Crippen LogP contribution < -0.4 is 0 Å². The SMILES string of the molecule is CCOC(=O)CN(C)CC1CC1C. The smallest absolute Gasteiger partial charge is 0.320 e. The van der Waals surface area contributed by atoms with E-state index >= 15 is 0 Å². The second-order valence-corrected chi connectivity index (χ2v) is 3.97. The lowest BCUT2D eigenvalue weighted by Gasteiger charge is -2.14. The number of likely N-dealkylation sites (N-methyl/N-ethyl adjacent to an activating group) is 1. The van der Waals surface area contributed by atoms with Crippen molar-refractivity contribution in [3.05, 3.63) is 0 Å². The van der Waals surface area contributed by atoms with E-state index in [-0.39, 0.29) is 5.97 Å². The van der Waals surface area contributed by atoms with Gasteiger partial charge in [-0.1, -0.05) is 6.92 Å². The third kappa shape index (κ3) is 3.77. The van der Waals surface area contributed by atoms with E-state index in [4.69, 9.17) is 4.74 Å². The highest BCUT2D eigenvalue weighted by molar-refractivity contribution is 5.71. The zero-order valence-electron chi connectivity index (χ0n) is 8.75. The molecule has 76 valence electrons. The van der Waals surface area contributed by atoms with Crippen LogP contribution in [-0.2, 0) is 9.53 Å². The van der Waals surface area contributed by atoms with Crippen molar-refractivity contribution in [2.45, 2.75) is 20.3 Å². The van der Waals surface area contributed by atoms with E-state index in [1.165, 1.54) is 6.42 Å². The second-order valence-electron chi connectivity index (χ2n) is 3.97. The molecule has 3 nitrogen and oxygen atoms in total. The molecule has 1 aliphatic rings. The summed E-state index contributed by atoms with van der Waals surface area (Å²) >= 11 is 0. The highest BCUT2D eigenvalue weighted by Gasteiger charge is 2.33. The number of carbonyl (C=O) groups is 1. The van der Waals surface area contributed by atoms with Crippen LogP contribution in [0.25, 0.3) is 0 Å². The van der Waals surface area contributed by atoms with Crippen molar-refractivity contribution < 1.29 is 9.53 Å². The fourth-order valence-electron chi connectivity index (χ4n) is 1.55. The van der Waals surface area contributed by atoms with Gasteiger partial charge in [0, 0.05) is 6.54 Å². The Bertz CT molecular complexity index is 182. The van der Waals surface area contributed by atoms with Crippen LogP contribution in [0.15, 0.2) is 0 Å². The molecule has 0 N–H and O–H groups in total. The Balaban J connectivity index is 2.09. The highest BCUT2D eigenvalue weighted by Crippen LogP contribution is 2.37. The molecule has 2 atom stereocenters. The van der Waals surface area contributed by atoms with E-state index in [2.05, 4.69) is 6.92 Å². The molecule has 0 aliphatic heterocycles. The Morgan fingerprint density at radius 2 is 2.23 bits per heavy atom. The normalized spacial score (nSPS) is 26.2. The Hall–Kier alpha value is -0.570. The summed E-state index contributed by atoms with van der Waals surface area (Å²) in [4.78, 5) is 13.1. The van der Waals surface area contributed by atoms with Gasteiger partial charge in [-0.2, -0.15) is 0 Å². The van der Waals surface area contributed by atoms with Crippen molar-refractivity contribution in [1.29, 1.82) is 0 Å². The Labute approximate surface area is 80.1 Å². The van der Waals surface area contributed by atoms with Gasteiger partial charge >= 0.3 is 5.97 Å². The van der Waals surface area contributed by atoms with E-state index in [1.54, 1.807) is 0 Å². The molecule has 0 bridgehead atoms. The lowest BCUT2D eigenvalue weighted by molar-refractivity contribution is -0.144. The zero-order valence-corrected chi connectivity index (χ0v) is 8.75. The lowest BCUT2D eigenvalue weighted by atomic mass is 10.3. The average molecular weight is 185 g/mol. The van der Waals surface area contributed by atoms with Gasteiger partial charge in [-0.3, -0.25) is 9.69 Å². The molecule has 0 amide bonds. The number of nitrogens with zero attached hydrogens (tertiary/aromatic N) is 1. The summed E-state index contributed by atoms with van der Waals surface area (Å²) in [5, 5.41) is 0. The maximum atomic E-state index is 11.1. The van der Waals surface area contributed by atoms with E-state index in [9.17, 15) is 4.79 Å². The Kier molecular flexibility index (Phi) is 3.72. The summed E-state index contributed by atoms with van der Waals surface area (Å²) in [5.41, 5.74) is 0. The molecule has 0 radical (unpaired) electrons. The van der Waals surface area contributed by atoms with Crippen molar-refractivity contribution in [3.63, 3.8) is 0 Å². The van der Waals surface area contributed by atoms with Gasteiger partial charge in [-0.05, 0) is 32.2 Å². The number of ether oxygens (including phenoxy) is 1. The topological polar surface area (TPSA) is 29.5 Å². The first kappa shape index (κ1) is 10.5. The molecule has 2 unspecified atom stereocenters. The number of hydrogen-bond donors (Lipinski definition) is 0. The molecule has 0 saturated heterocycles. The molecule has 0 aromatic carbocycles. The Morgan fingerprint density at radius 1 is 1.62 bits per heavy atom. The van der Waals surface area contributed by atoms with E-state index in [1.807, 2.05) is 18.9 Å². The van der Waals surface area contributed by atoms with Gasteiger partial charge in [0.05, 0.1) is 13.2 Å². The van der Waals surface area contributed by atoms with Gasteiger partial charge in [0.25, 0.3) is 0 Å². The minimum Gasteiger partial charge on any atom is -0.465 e. The minimum absolute atomic E-state index is 0.113. The first-order valence-electron chi connectivity index (χ1n) is 4.97. The first-order valence-corrected chi connectivity index (χ1v) is 4.97. The molecular weight excluding hydrogens is 166 g/mol. The summed E-state index contributed by atoms with van der Waals surface area (Å²) in [7, 11) is 1.97. The molecule has 3 heteroatoms. The van der Waals surface area contributed by atoms with Crippen LogP contribution in [-0.4, -0.2) is 37.6 Å². The Morgan fingerprint density at radius 3 is 2.69 bits per heavy atom. The monoisotopic (exact) mass is 185 g/mol. The maximum Gasteiger partial charge on any atom is 0.320 e. The largest absolute Gasteiger partial charge is 0.465 e. The van der Waals surface area contributed by atoms with Gasteiger partial charge in [-0.15, -0.1) is 0 Å². The van der Waals surface area contributed by atoms with Crippen molar-refractivity contribution in [1.82, 2.24) is 4.90 Å². The van der Waals surface area contributed by atoms with Gasteiger partial charge in [0.1, 0.15) is 0 Å². The molecular formula is C10H19NO2. The molecule has 1 saturated carbocycles. The van der Waals surface area contributed by atoms with Crippen LogP contribution in [0.1, 0.15) is 20.3 Å². The number of carbonyl (C=O) groups excluding carboxylic acids is 1. The zero-order chi connectivity index (χ0) is 9.84. The van der Waals surface area contributed by atoms with Crippen molar-refractivity contribution >= 4 is 5.97 Å². The summed E-state index contributed by atoms with van der Waals surface area (Å²) in [6, 6.07) is 0. The van der Waals surface area contributed by atoms with Crippen LogP contribution in [0, 0.1) is 11.8 Å². The van der Waals surface area contributed by atoms with E-state index in [0.29, 0.717) is 13.2 Å². The number of rotatable bonds is 5. The molecule has 0 aromatic rings. The molecule has 13 heavy (non-hydrogen) atoms. The van der Waals surface area contributed by atoms with Crippen LogP contribution in [0.5, 0.6) is 0 Å². The van der Waals surface area contributed by atoms with Crippen LogP contribution in [0.3, 0.4) is 0 Å². The fraction of sp³-hybridized carbons (Fsp3) is 0.900. The van der Waals surface area contributed by atoms with Crippen molar-refractivity contribution in [2.75, 3.05) is 26.7 Å². The third-order valence-corrected chi connectivity index (χ3v) is 2.53. The van der Waals surface area contributed by atoms with Crippen LogP contribution >= 0.6 is 0 Å². The number of esters is 1. The predicted molar refractivity (Wildman–Crippen MR) is 51.4 cm³/mol.